The number of amides is 1. The van der Waals surface area contributed by atoms with Gasteiger partial charge in [0, 0.05) is 25.0 Å². The average molecular weight is 322 g/mol. The Labute approximate surface area is 135 Å². The highest BCUT2D eigenvalue weighted by Gasteiger charge is 2.51. The Balaban J connectivity index is 1.55. The van der Waals surface area contributed by atoms with Gasteiger partial charge in [-0.1, -0.05) is 0 Å². The van der Waals surface area contributed by atoms with Gasteiger partial charge in [-0.3, -0.25) is 10.1 Å². The van der Waals surface area contributed by atoms with E-state index in [0.717, 1.165) is 18.6 Å². The van der Waals surface area contributed by atoms with Crippen molar-refractivity contribution in [2.24, 2.45) is 11.8 Å². The number of likely N-dealkylation sites (tertiary alicyclic amines) is 1. The van der Waals surface area contributed by atoms with E-state index in [1.807, 2.05) is 20.8 Å². The van der Waals surface area contributed by atoms with Crippen molar-refractivity contribution in [2.75, 3.05) is 13.1 Å². The second-order valence-electron chi connectivity index (χ2n) is 7.32. The number of fused-ring (bicyclic) bond motifs is 1. The Kier molecular flexibility index (Phi) is 3.82. The van der Waals surface area contributed by atoms with Gasteiger partial charge >= 0.3 is 6.09 Å². The van der Waals surface area contributed by atoms with Gasteiger partial charge < -0.3 is 14.4 Å². The first-order chi connectivity index (χ1) is 10.7. The molecule has 2 fully saturated rings. The van der Waals surface area contributed by atoms with E-state index in [4.69, 9.17) is 9.47 Å². The van der Waals surface area contributed by atoms with Crippen LogP contribution >= 0.6 is 0 Å². The fourth-order valence-electron chi connectivity index (χ4n) is 3.08. The monoisotopic (exact) mass is 322 g/mol. The summed E-state index contributed by atoms with van der Waals surface area (Å²) in [7, 11) is 0. The number of hydrogen-bond acceptors (Lipinski definition) is 5. The zero-order valence-electron chi connectivity index (χ0n) is 13.7. The molecular weight excluding hydrogens is 300 g/mol. The third-order valence-corrected chi connectivity index (χ3v) is 4.26. The molecule has 7 heteroatoms. The quantitative estimate of drug-likeness (QED) is 0.589. The molecule has 1 aliphatic heterocycles. The van der Waals surface area contributed by atoms with Gasteiger partial charge in [-0.05, 0) is 33.3 Å². The van der Waals surface area contributed by atoms with Crippen molar-refractivity contribution in [2.45, 2.75) is 45.3 Å². The van der Waals surface area contributed by atoms with E-state index in [2.05, 4.69) is 0 Å². The van der Waals surface area contributed by atoms with E-state index in [0.29, 0.717) is 13.1 Å². The number of ether oxygens (including phenoxy) is 2. The lowest BCUT2D eigenvalue weighted by atomic mass is 10.1. The molecule has 3 atom stereocenters. The summed E-state index contributed by atoms with van der Waals surface area (Å²) in [6.07, 6.45) is 4.40. The van der Waals surface area contributed by atoms with Crippen LogP contribution in [0.5, 0.6) is 0 Å². The highest BCUT2D eigenvalue weighted by molar-refractivity contribution is 5.68. The highest BCUT2D eigenvalue weighted by atomic mass is 16.6. The molecular formula is C16H22N2O5. The largest absolute Gasteiger partial charge is 0.493 e. The minimum atomic E-state index is -0.507. The summed E-state index contributed by atoms with van der Waals surface area (Å²) in [5.74, 6) is 0.945. The fourth-order valence-corrected chi connectivity index (χ4v) is 3.08. The Morgan fingerprint density at radius 3 is 2.74 bits per heavy atom. The molecule has 23 heavy (non-hydrogen) atoms. The predicted molar refractivity (Wildman–Crippen MR) is 82.1 cm³/mol. The highest BCUT2D eigenvalue weighted by Crippen LogP contribution is 2.52. The van der Waals surface area contributed by atoms with Gasteiger partial charge in [-0.15, -0.1) is 0 Å². The van der Waals surface area contributed by atoms with Crippen molar-refractivity contribution in [3.8, 4) is 0 Å². The molecule has 1 saturated carbocycles. The van der Waals surface area contributed by atoms with Crippen LogP contribution in [0.2, 0.25) is 0 Å². The van der Waals surface area contributed by atoms with Crippen molar-refractivity contribution in [1.82, 2.24) is 4.90 Å². The fraction of sp³-hybridized carbons (Fsp3) is 0.688. The molecule has 0 aromatic rings. The SMILES string of the molecule is CC(C)(C)OC(=O)N1CC[C@H](OC2=CC=C([N+](=O)[O-])C3CC23)C1. The molecule has 3 aliphatic rings. The maximum Gasteiger partial charge on any atom is 0.410 e. The molecule has 0 aromatic carbocycles. The minimum Gasteiger partial charge on any atom is -0.493 e. The summed E-state index contributed by atoms with van der Waals surface area (Å²) in [6, 6.07) is 0. The summed E-state index contributed by atoms with van der Waals surface area (Å²) in [4.78, 5) is 24.3. The number of rotatable bonds is 3. The van der Waals surface area contributed by atoms with Crippen molar-refractivity contribution < 1.29 is 19.2 Å². The van der Waals surface area contributed by atoms with Crippen LogP contribution in [0.25, 0.3) is 0 Å². The van der Waals surface area contributed by atoms with Crippen LogP contribution in [0.4, 0.5) is 4.79 Å². The van der Waals surface area contributed by atoms with E-state index < -0.39 is 5.60 Å². The summed E-state index contributed by atoms with van der Waals surface area (Å²) in [5, 5.41) is 10.9. The molecule has 2 aliphatic carbocycles. The Hall–Kier alpha value is -2.05. The number of nitrogens with zero attached hydrogens (tertiary/aromatic N) is 2. The van der Waals surface area contributed by atoms with Crippen LogP contribution < -0.4 is 0 Å². The standard InChI is InChI=1S/C16H22N2O5/c1-16(2,3)23-15(19)17-7-6-10(9-17)22-14-5-4-13(18(20)21)11-8-12(11)14/h4-5,10-12H,6-9H2,1-3H3/t10-,11?,12?/m0/s1. The van der Waals surface area contributed by atoms with Crippen LogP contribution in [0, 0.1) is 22.0 Å². The minimum absolute atomic E-state index is 0.00615. The van der Waals surface area contributed by atoms with E-state index >= 15 is 0 Å². The van der Waals surface area contributed by atoms with E-state index in [9.17, 15) is 14.9 Å². The Morgan fingerprint density at radius 2 is 2.09 bits per heavy atom. The predicted octanol–water partition coefficient (Wildman–Crippen LogP) is 2.71. The zero-order valence-corrected chi connectivity index (χ0v) is 13.7. The van der Waals surface area contributed by atoms with Crippen molar-refractivity contribution in [3.05, 3.63) is 33.7 Å². The van der Waals surface area contributed by atoms with Gasteiger partial charge in [-0.25, -0.2) is 4.79 Å². The van der Waals surface area contributed by atoms with Gasteiger partial charge in [0.05, 0.1) is 17.4 Å². The second-order valence-corrected chi connectivity index (χ2v) is 7.32. The Bertz CT molecular complexity index is 590. The molecule has 1 heterocycles. The molecule has 0 bridgehead atoms. The lowest BCUT2D eigenvalue weighted by molar-refractivity contribution is -0.430. The summed E-state index contributed by atoms with van der Waals surface area (Å²) in [6.45, 7) is 6.63. The maximum absolute atomic E-state index is 12.0. The molecule has 1 amide bonds. The third kappa shape index (κ3) is 3.48. The van der Waals surface area contributed by atoms with Crippen LogP contribution in [0.15, 0.2) is 23.6 Å². The average Bonchev–Trinajstić information content (AvgIpc) is 3.09. The second kappa shape index (κ2) is 5.54. The van der Waals surface area contributed by atoms with Crippen LogP contribution in [-0.4, -0.2) is 40.7 Å². The number of carbonyl (C=O) groups is 1. The first-order valence-corrected chi connectivity index (χ1v) is 7.95. The molecule has 3 rings (SSSR count). The van der Waals surface area contributed by atoms with Gasteiger partial charge in [0.1, 0.15) is 17.5 Å². The Morgan fingerprint density at radius 1 is 1.35 bits per heavy atom. The first-order valence-electron chi connectivity index (χ1n) is 7.95. The number of carbonyl (C=O) groups excluding carboxylic acids is 1. The lowest BCUT2D eigenvalue weighted by Crippen LogP contribution is -2.36. The zero-order chi connectivity index (χ0) is 16.8. The van der Waals surface area contributed by atoms with Crippen molar-refractivity contribution in [3.63, 3.8) is 0 Å². The number of nitro groups is 1. The summed E-state index contributed by atoms with van der Waals surface area (Å²) >= 11 is 0. The van der Waals surface area contributed by atoms with Gasteiger partial charge in [0.15, 0.2) is 0 Å². The maximum atomic E-state index is 12.0. The molecule has 0 N–H and O–H groups in total. The number of hydrogen-bond donors (Lipinski definition) is 0. The van der Waals surface area contributed by atoms with Crippen molar-refractivity contribution >= 4 is 6.09 Å². The van der Waals surface area contributed by atoms with Gasteiger partial charge in [0.25, 0.3) is 0 Å². The molecule has 0 radical (unpaired) electrons. The molecule has 126 valence electrons. The van der Waals surface area contributed by atoms with Crippen LogP contribution in [0.1, 0.15) is 33.6 Å². The van der Waals surface area contributed by atoms with Gasteiger partial charge in [-0.2, -0.15) is 0 Å². The summed E-state index contributed by atoms with van der Waals surface area (Å²) < 4.78 is 11.4. The normalized spacial score (nSPS) is 29.3. The molecule has 0 spiro atoms. The van der Waals surface area contributed by atoms with E-state index in [1.165, 1.54) is 0 Å². The smallest absolute Gasteiger partial charge is 0.410 e. The van der Waals surface area contributed by atoms with Crippen LogP contribution in [0.3, 0.4) is 0 Å². The lowest BCUT2D eigenvalue weighted by Gasteiger charge is -2.24. The van der Waals surface area contributed by atoms with Gasteiger partial charge in [0.2, 0.25) is 5.70 Å². The molecule has 0 aromatic heterocycles. The molecule has 1 saturated heterocycles. The molecule has 2 unspecified atom stereocenters. The third-order valence-electron chi connectivity index (χ3n) is 4.26. The number of allylic oxidation sites excluding steroid dienone is 4. The first kappa shape index (κ1) is 15.8. The van der Waals surface area contributed by atoms with E-state index in [1.54, 1.807) is 17.1 Å². The topological polar surface area (TPSA) is 81.9 Å². The molecule has 7 nitrogen and oxygen atoms in total. The summed E-state index contributed by atoms with van der Waals surface area (Å²) in [5.41, 5.74) is -0.225. The van der Waals surface area contributed by atoms with E-state index in [-0.39, 0.29) is 34.7 Å². The van der Waals surface area contributed by atoms with Crippen LogP contribution in [-0.2, 0) is 9.47 Å². The van der Waals surface area contributed by atoms with Crippen molar-refractivity contribution in [1.29, 1.82) is 0 Å².